The van der Waals surface area contributed by atoms with E-state index in [9.17, 15) is 9.90 Å². The van der Waals surface area contributed by atoms with Gasteiger partial charge in [0, 0.05) is 12.6 Å². The lowest BCUT2D eigenvalue weighted by Gasteiger charge is -2.24. The van der Waals surface area contributed by atoms with Crippen LogP contribution in [0.4, 0.5) is 0 Å². The third-order valence-corrected chi connectivity index (χ3v) is 4.27. The van der Waals surface area contributed by atoms with Crippen molar-refractivity contribution < 1.29 is 9.90 Å². The normalized spacial score (nSPS) is 11.8. The number of aromatic nitrogens is 3. The Morgan fingerprint density at radius 2 is 1.92 bits per heavy atom. The number of benzene rings is 1. The number of carboxylic acid groups (broad SMARTS) is 1. The van der Waals surface area contributed by atoms with Crippen LogP contribution >= 0.6 is 0 Å². The van der Waals surface area contributed by atoms with Crippen LogP contribution in [0, 0.1) is 6.92 Å². The molecule has 0 saturated heterocycles. The summed E-state index contributed by atoms with van der Waals surface area (Å²) in [5, 5.41) is 9.66. The van der Waals surface area contributed by atoms with Gasteiger partial charge in [0.25, 0.3) is 0 Å². The summed E-state index contributed by atoms with van der Waals surface area (Å²) in [6.45, 7) is 5.32. The Morgan fingerprint density at radius 1 is 1.21 bits per heavy atom. The van der Waals surface area contributed by atoms with Crippen molar-refractivity contribution in [3.63, 3.8) is 0 Å². The van der Waals surface area contributed by atoms with Crippen LogP contribution in [0.2, 0.25) is 0 Å². The molecular weight excluding hydrogens is 302 g/mol. The van der Waals surface area contributed by atoms with Gasteiger partial charge in [-0.05, 0) is 44.4 Å². The Morgan fingerprint density at radius 3 is 2.58 bits per heavy atom. The topological polar surface area (TPSA) is 68.0 Å². The Balaban J connectivity index is 2.07. The van der Waals surface area contributed by atoms with Gasteiger partial charge in [0.15, 0.2) is 5.65 Å². The van der Waals surface area contributed by atoms with E-state index in [1.165, 1.54) is 5.56 Å². The van der Waals surface area contributed by atoms with E-state index in [1.807, 2.05) is 31.2 Å². The molecule has 3 rings (SSSR count). The van der Waals surface area contributed by atoms with Crippen molar-refractivity contribution in [2.45, 2.75) is 39.2 Å². The van der Waals surface area contributed by atoms with Crippen molar-refractivity contribution in [2.75, 3.05) is 0 Å². The van der Waals surface area contributed by atoms with Crippen LogP contribution < -0.4 is 0 Å². The van der Waals surface area contributed by atoms with Crippen LogP contribution in [0.3, 0.4) is 0 Å². The van der Waals surface area contributed by atoms with Gasteiger partial charge < -0.3 is 5.11 Å². The van der Waals surface area contributed by atoms with Crippen molar-refractivity contribution >= 4 is 17.1 Å². The first-order valence-electron chi connectivity index (χ1n) is 8.01. The number of carbonyl (C=O) groups is 1. The van der Waals surface area contributed by atoms with Gasteiger partial charge in [-0.1, -0.05) is 30.3 Å². The van der Waals surface area contributed by atoms with Crippen LogP contribution in [0.1, 0.15) is 30.8 Å². The van der Waals surface area contributed by atoms with Gasteiger partial charge in [-0.2, -0.15) is 0 Å². The van der Waals surface area contributed by atoms with E-state index in [2.05, 4.69) is 22.1 Å². The maximum absolute atomic E-state index is 11.8. The molecule has 0 amide bonds. The summed E-state index contributed by atoms with van der Waals surface area (Å²) in [7, 11) is 0. The van der Waals surface area contributed by atoms with E-state index in [0.717, 1.165) is 23.3 Å². The molecular formula is C19H21N3O2. The SMILES string of the molecule is Cc1cnc2c(c1)nc(CCc1ccccc1)n2C(C)(C)C(=O)O. The molecule has 0 aliphatic rings. The predicted molar refractivity (Wildman–Crippen MR) is 93.1 cm³/mol. The number of nitrogens with zero attached hydrogens (tertiary/aromatic N) is 3. The molecule has 24 heavy (non-hydrogen) atoms. The first-order chi connectivity index (χ1) is 11.4. The highest BCUT2D eigenvalue weighted by Gasteiger charge is 2.33. The van der Waals surface area contributed by atoms with Crippen molar-refractivity contribution in [3.8, 4) is 0 Å². The number of fused-ring (bicyclic) bond motifs is 1. The molecule has 2 heterocycles. The maximum atomic E-state index is 11.8. The monoisotopic (exact) mass is 323 g/mol. The van der Waals surface area contributed by atoms with Gasteiger partial charge in [-0.3, -0.25) is 4.57 Å². The first-order valence-corrected chi connectivity index (χ1v) is 8.01. The summed E-state index contributed by atoms with van der Waals surface area (Å²) < 4.78 is 1.76. The number of rotatable bonds is 5. The summed E-state index contributed by atoms with van der Waals surface area (Å²) in [4.78, 5) is 20.9. The third-order valence-electron chi connectivity index (χ3n) is 4.27. The summed E-state index contributed by atoms with van der Waals surface area (Å²) >= 11 is 0. The van der Waals surface area contributed by atoms with E-state index in [1.54, 1.807) is 24.6 Å². The molecule has 124 valence electrons. The molecule has 0 saturated carbocycles. The number of hydrogen-bond acceptors (Lipinski definition) is 3. The fourth-order valence-corrected chi connectivity index (χ4v) is 2.86. The molecule has 0 atom stereocenters. The quantitative estimate of drug-likeness (QED) is 0.782. The minimum atomic E-state index is -1.11. The predicted octanol–water partition coefficient (Wildman–Crippen LogP) is 3.34. The van der Waals surface area contributed by atoms with E-state index in [4.69, 9.17) is 0 Å². The molecule has 0 radical (unpaired) electrons. The Labute approximate surface area is 141 Å². The number of carboxylic acids is 1. The highest BCUT2D eigenvalue weighted by Crippen LogP contribution is 2.26. The van der Waals surface area contributed by atoms with Gasteiger partial charge in [-0.15, -0.1) is 0 Å². The van der Waals surface area contributed by atoms with E-state index >= 15 is 0 Å². The minimum Gasteiger partial charge on any atom is -0.480 e. The number of aryl methyl sites for hydroxylation is 3. The standard InChI is InChI=1S/C19H21N3O2/c1-13-11-15-17(20-12-13)22(19(2,3)18(23)24)16(21-15)10-9-14-7-5-4-6-8-14/h4-8,11-12H,9-10H2,1-3H3,(H,23,24). The molecule has 1 aromatic carbocycles. The zero-order valence-corrected chi connectivity index (χ0v) is 14.2. The molecule has 5 nitrogen and oxygen atoms in total. The lowest BCUT2D eigenvalue weighted by molar-refractivity contribution is -0.145. The zero-order chi connectivity index (χ0) is 17.3. The molecule has 0 bridgehead atoms. The molecule has 1 N–H and O–H groups in total. The fourth-order valence-electron chi connectivity index (χ4n) is 2.86. The molecule has 0 aliphatic heterocycles. The van der Waals surface area contributed by atoms with Crippen LogP contribution in [0.15, 0.2) is 42.6 Å². The Kier molecular flexibility index (Phi) is 4.09. The second kappa shape index (κ2) is 6.07. The lowest BCUT2D eigenvalue weighted by atomic mass is 10.0. The second-order valence-corrected chi connectivity index (χ2v) is 6.57. The first kappa shape index (κ1) is 16.2. The van der Waals surface area contributed by atoms with Crippen LogP contribution in [-0.4, -0.2) is 25.6 Å². The van der Waals surface area contributed by atoms with Crippen molar-refractivity contribution in [2.24, 2.45) is 0 Å². The summed E-state index contributed by atoms with van der Waals surface area (Å²) in [5.41, 5.74) is 2.47. The average Bonchev–Trinajstić information content (AvgIpc) is 2.91. The van der Waals surface area contributed by atoms with Crippen molar-refractivity contribution in [1.29, 1.82) is 0 Å². The minimum absolute atomic E-state index is 0.621. The van der Waals surface area contributed by atoms with E-state index in [-0.39, 0.29) is 0 Å². The fraction of sp³-hybridized carbons (Fsp3) is 0.316. The van der Waals surface area contributed by atoms with Gasteiger partial charge >= 0.3 is 5.97 Å². The molecule has 0 fully saturated rings. The Hall–Kier alpha value is -2.69. The van der Waals surface area contributed by atoms with Gasteiger partial charge in [0.1, 0.15) is 16.9 Å². The number of imidazole rings is 1. The van der Waals surface area contributed by atoms with Crippen LogP contribution in [0.5, 0.6) is 0 Å². The van der Waals surface area contributed by atoms with Gasteiger partial charge in [0.05, 0.1) is 0 Å². The molecule has 3 aromatic rings. The average molecular weight is 323 g/mol. The second-order valence-electron chi connectivity index (χ2n) is 6.57. The molecule has 0 spiro atoms. The molecule has 0 aliphatic carbocycles. The van der Waals surface area contributed by atoms with Crippen LogP contribution in [-0.2, 0) is 23.2 Å². The van der Waals surface area contributed by atoms with Crippen molar-refractivity contribution in [3.05, 3.63) is 59.5 Å². The number of pyridine rings is 1. The molecule has 5 heteroatoms. The van der Waals surface area contributed by atoms with E-state index in [0.29, 0.717) is 12.1 Å². The van der Waals surface area contributed by atoms with Gasteiger partial charge in [-0.25, -0.2) is 14.8 Å². The lowest BCUT2D eigenvalue weighted by Crippen LogP contribution is -2.37. The van der Waals surface area contributed by atoms with E-state index < -0.39 is 11.5 Å². The number of hydrogen-bond donors (Lipinski definition) is 1. The van der Waals surface area contributed by atoms with Gasteiger partial charge in [0.2, 0.25) is 0 Å². The van der Waals surface area contributed by atoms with Crippen LogP contribution in [0.25, 0.3) is 11.2 Å². The largest absolute Gasteiger partial charge is 0.480 e. The Bertz CT molecular complexity index is 882. The third kappa shape index (κ3) is 2.89. The smallest absolute Gasteiger partial charge is 0.329 e. The molecule has 0 unspecified atom stereocenters. The summed E-state index contributed by atoms with van der Waals surface area (Å²) in [6, 6.07) is 12.1. The zero-order valence-electron chi connectivity index (χ0n) is 14.2. The van der Waals surface area contributed by atoms with Crippen molar-refractivity contribution in [1.82, 2.24) is 14.5 Å². The highest BCUT2D eigenvalue weighted by atomic mass is 16.4. The number of aliphatic carboxylic acids is 1. The molecule has 2 aromatic heterocycles. The highest BCUT2D eigenvalue weighted by molar-refractivity contribution is 5.80. The summed E-state index contributed by atoms with van der Waals surface area (Å²) in [5.74, 6) is -0.149. The summed E-state index contributed by atoms with van der Waals surface area (Å²) in [6.07, 6.45) is 3.22. The maximum Gasteiger partial charge on any atom is 0.329 e.